The number of carbonyl (C=O) groups excluding carboxylic acids is 1. The zero-order valence-corrected chi connectivity index (χ0v) is 11.5. The van der Waals surface area contributed by atoms with Gasteiger partial charge in [0.05, 0.1) is 11.8 Å². The maximum atomic E-state index is 11.7. The van der Waals surface area contributed by atoms with Gasteiger partial charge in [-0.05, 0) is 30.3 Å². The van der Waals surface area contributed by atoms with Crippen LogP contribution in [0.15, 0.2) is 42.7 Å². The summed E-state index contributed by atoms with van der Waals surface area (Å²) in [5.41, 5.74) is 0.580. The molecule has 2 rings (SSSR count). The predicted octanol–water partition coefficient (Wildman–Crippen LogP) is 2.45. The number of nitrogens with zero attached hydrogens (tertiary/aromatic N) is 1. The molecule has 1 amide bonds. The fourth-order valence-corrected chi connectivity index (χ4v) is 1.62. The molecule has 0 aliphatic heterocycles. The van der Waals surface area contributed by atoms with Crippen LogP contribution < -0.4 is 10.1 Å². The van der Waals surface area contributed by atoms with Crippen LogP contribution in [0, 0.1) is 0 Å². The van der Waals surface area contributed by atoms with Gasteiger partial charge in [-0.25, -0.2) is 4.79 Å². The minimum atomic E-state index is -1.11. The number of carbonyl (C=O) groups is 2. The minimum absolute atomic E-state index is 0.00869. The Kier molecular flexibility index (Phi) is 4.73. The summed E-state index contributed by atoms with van der Waals surface area (Å²) in [5.74, 6) is -1.28. The molecule has 2 aromatic rings. The number of nitrogens with one attached hydrogen (secondary N) is 1. The van der Waals surface area contributed by atoms with Gasteiger partial charge >= 0.3 is 5.97 Å². The van der Waals surface area contributed by atoms with E-state index < -0.39 is 5.97 Å². The van der Waals surface area contributed by atoms with Crippen molar-refractivity contribution in [1.29, 1.82) is 0 Å². The Balaban J connectivity index is 1.90. The maximum absolute atomic E-state index is 11.7. The van der Waals surface area contributed by atoms with Crippen LogP contribution in [0.1, 0.15) is 10.4 Å². The van der Waals surface area contributed by atoms with Crippen LogP contribution >= 0.6 is 11.6 Å². The number of pyridine rings is 1. The first kappa shape index (κ1) is 14.8. The van der Waals surface area contributed by atoms with Crippen molar-refractivity contribution in [2.75, 3.05) is 11.9 Å². The highest BCUT2D eigenvalue weighted by atomic mass is 35.5. The lowest BCUT2D eigenvalue weighted by Gasteiger charge is -2.07. The smallest absolute Gasteiger partial charge is 0.337 e. The van der Waals surface area contributed by atoms with E-state index in [0.717, 1.165) is 0 Å². The molecule has 0 atom stereocenters. The third-order valence-corrected chi connectivity index (χ3v) is 2.71. The summed E-state index contributed by atoms with van der Waals surface area (Å²) in [6, 6.07) is 7.92. The highest BCUT2D eigenvalue weighted by Gasteiger charge is 2.07. The number of carboxylic acid groups (broad SMARTS) is 1. The largest absolute Gasteiger partial charge is 0.482 e. The summed E-state index contributed by atoms with van der Waals surface area (Å²) in [6.07, 6.45) is 2.53. The van der Waals surface area contributed by atoms with E-state index in [2.05, 4.69) is 10.3 Å². The van der Waals surface area contributed by atoms with E-state index in [1.54, 1.807) is 24.3 Å². The van der Waals surface area contributed by atoms with E-state index in [0.29, 0.717) is 10.7 Å². The molecule has 0 bridgehead atoms. The zero-order chi connectivity index (χ0) is 15.2. The molecule has 108 valence electrons. The van der Waals surface area contributed by atoms with Crippen LogP contribution in [-0.2, 0) is 4.79 Å². The van der Waals surface area contributed by atoms with Crippen molar-refractivity contribution in [3.8, 4) is 5.75 Å². The molecule has 21 heavy (non-hydrogen) atoms. The van der Waals surface area contributed by atoms with Crippen LogP contribution in [0.4, 0.5) is 5.69 Å². The number of ether oxygens (including phenoxy) is 1. The van der Waals surface area contributed by atoms with Gasteiger partial charge in [0.1, 0.15) is 5.75 Å². The highest BCUT2D eigenvalue weighted by Crippen LogP contribution is 2.14. The number of amides is 1. The average Bonchev–Trinajstić information content (AvgIpc) is 2.48. The number of hydrogen-bond acceptors (Lipinski definition) is 4. The molecule has 0 saturated heterocycles. The Morgan fingerprint density at radius 3 is 2.62 bits per heavy atom. The molecule has 1 heterocycles. The number of hydrogen-bond donors (Lipinski definition) is 2. The number of halogens is 1. The van der Waals surface area contributed by atoms with Crippen molar-refractivity contribution >= 4 is 29.2 Å². The molecule has 2 N–H and O–H groups in total. The summed E-state index contributed by atoms with van der Waals surface area (Å²) in [6.45, 7) is -0.257. The molecule has 0 radical (unpaired) electrons. The number of carboxylic acids is 1. The second kappa shape index (κ2) is 6.71. The molecular formula is C14H11ClN2O4. The molecule has 0 aliphatic carbocycles. The van der Waals surface area contributed by atoms with Gasteiger partial charge in [-0.1, -0.05) is 11.6 Å². The SMILES string of the molecule is O=C(COc1cncc(C(=O)O)c1)Nc1ccc(Cl)cc1. The Labute approximate surface area is 125 Å². The Morgan fingerprint density at radius 2 is 1.95 bits per heavy atom. The molecule has 0 unspecified atom stereocenters. The van der Waals surface area contributed by atoms with Crippen LogP contribution in [0.2, 0.25) is 5.02 Å². The Morgan fingerprint density at radius 1 is 1.24 bits per heavy atom. The standard InChI is InChI=1S/C14H11ClN2O4/c15-10-1-3-11(4-2-10)17-13(18)8-21-12-5-9(14(19)20)6-16-7-12/h1-7H,8H2,(H,17,18)(H,19,20). The van der Waals surface area contributed by atoms with Gasteiger partial charge in [0, 0.05) is 16.9 Å². The van der Waals surface area contributed by atoms with E-state index >= 15 is 0 Å². The second-order valence-electron chi connectivity index (χ2n) is 4.06. The van der Waals surface area contributed by atoms with Gasteiger partial charge < -0.3 is 15.2 Å². The van der Waals surface area contributed by atoms with Gasteiger partial charge in [0.15, 0.2) is 6.61 Å². The fourth-order valence-electron chi connectivity index (χ4n) is 1.49. The van der Waals surface area contributed by atoms with Crippen molar-refractivity contribution in [2.45, 2.75) is 0 Å². The maximum Gasteiger partial charge on any atom is 0.337 e. The Hall–Kier alpha value is -2.60. The van der Waals surface area contributed by atoms with Crippen molar-refractivity contribution in [3.05, 3.63) is 53.3 Å². The lowest BCUT2D eigenvalue weighted by atomic mass is 10.3. The quantitative estimate of drug-likeness (QED) is 0.885. The first-order valence-corrected chi connectivity index (χ1v) is 6.29. The van der Waals surface area contributed by atoms with Crippen LogP contribution in [0.5, 0.6) is 5.75 Å². The molecule has 0 saturated carbocycles. The molecule has 0 fully saturated rings. The lowest BCUT2D eigenvalue weighted by Crippen LogP contribution is -2.20. The predicted molar refractivity (Wildman–Crippen MR) is 76.8 cm³/mol. The number of benzene rings is 1. The van der Waals surface area contributed by atoms with Gasteiger partial charge in [0.2, 0.25) is 0 Å². The van der Waals surface area contributed by atoms with E-state index in [4.69, 9.17) is 21.4 Å². The molecule has 1 aromatic carbocycles. The highest BCUT2D eigenvalue weighted by molar-refractivity contribution is 6.30. The third-order valence-electron chi connectivity index (χ3n) is 2.46. The number of rotatable bonds is 5. The molecule has 0 spiro atoms. The summed E-state index contributed by atoms with van der Waals surface area (Å²) in [4.78, 5) is 26.2. The summed E-state index contributed by atoms with van der Waals surface area (Å²) in [5, 5.41) is 12.0. The molecular weight excluding hydrogens is 296 g/mol. The monoisotopic (exact) mass is 306 g/mol. The first-order chi connectivity index (χ1) is 10.0. The number of anilines is 1. The molecule has 7 heteroatoms. The van der Waals surface area contributed by atoms with E-state index in [9.17, 15) is 9.59 Å². The minimum Gasteiger partial charge on any atom is -0.482 e. The molecule has 0 aliphatic rings. The van der Waals surface area contributed by atoms with Gasteiger partial charge in [-0.3, -0.25) is 9.78 Å². The van der Waals surface area contributed by atoms with E-state index in [1.807, 2.05) is 0 Å². The third kappa shape index (κ3) is 4.47. The summed E-state index contributed by atoms with van der Waals surface area (Å²) >= 11 is 5.74. The van der Waals surface area contributed by atoms with Crippen LogP contribution in [-0.4, -0.2) is 28.6 Å². The van der Waals surface area contributed by atoms with Gasteiger partial charge in [0.25, 0.3) is 5.91 Å². The molecule has 1 aromatic heterocycles. The van der Waals surface area contributed by atoms with Gasteiger partial charge in [-0.2, -0.15) is 0 Å². The average molecular weight is 307 g/mol. The molecule has 6 nitrogen and oxygen atoms in total. The number of aromatic carboxylic acids is 1. The van der Waals surface area contributed by atoms with Gasteiger partial charge in [-0.15, -0.1) is 0 Å². The first-order valence-electron chi connectivity index (χ1n) is 5.91. The second-order valence-corrected chi connectivity index (χ2v) is 4.49. The van der Waals surface area contributed by atoms with Crippen LogP contribution in [0.3, 0.4) is 0 Å². The van der Waals surface area contributed by atoms with Crippen molar-refractivity contribution in [2.24, 2.45) is 0 Å². The van der Waals surface area contributed by atoms with Crippen molar-refractivity contribution < 1.29 is 19.4 Å². The zero-order valence-electron chi connectivity index (χ0n) is 10.7. The van der Waals surface area contributed by atoms with E-state index in [1.165, 1.54) is 18.5 Å². The van der Waals surface area contributed by atoms with E-state index in [-0.39, 0.29) is 23.8 Å². The Bertz CT molecular complexity index is 658. The topological polar surface area (TPSA) is 88.5 Å². The van der Waals surface area contributed by atoms with Crippen molar-refractivity contribution in [1.82, 2.24) is 4.98 Å². The summed E-state index contributed by atoms with van der Waals surface area (Å²) in [7, 11) is 0. The normalized spacial score (nSPS) is 9.95. The summed E-state index contributed by atoms with van der Waals surface area (Å²) < 4.78 is 5.19. The van der Waals surface area contributed by atoms with Crippen LogP contribution in [0.25, 0.3) is 0 Å². The fraction of sp³-hybridized carbons (Fsp3) is 0.0714. The van der Waals surface area contributed by atoms with Crippen molar-refractivity contribution in [3.63, 3.8) is 0 Å². The lowest BCUT2D eigenvalue weighted by molar-refractivity contribution is -0.118. The number of aromatic nitrogens is 1.